The number of para-hydroxylation sites is 1. The first kappa shape index (κ1) is 23.9. The molecule has 0 saturated heterocycles. The van der Waals surface area contributed by atoms with E-state index in [9.17, 15) is 19.2 Å². The molecule has 0 aliphatic heterocycles. The van der Waals surface area contributed by atoms with Crippen molar-refractivity contribution < 1.29 is 24.3 Å². The van der Waals surface area contributed by atoms with E-state index in [0.717, 1.165) is 16.5 Å². The van der Waals surface area contributed by atoms with Gasteiger partial charge in [-0.2, -0.15) is 0 Å². The Morgan fingerprint density at radius 3 is 2.39 bits per heavy atom. The van der Waals surface area contributed by atoms with Crippen molar-refractivity contribution in [2.24, 2.45) is 11.7 Å². The van der Waals surface area contributed by atoms with Crippen LogP contribution in [0, 0.1) is 5.92 Å². The number of hydrogen-bond donors (Lipinski definition) is 6. The van der Waals surface area contributed by atoms with E-state index in [0.29, 0.717) is 0 Å². The van der Waals surface area contributed by atoms with Gasteiger partial charge in [0.25, 0.3) is 0 Å². The molecule has 0 bridgehead atoms. The van der Waals surface area contributed by atoms with Crippen LogP contribution in [0.15, 0.2) is 30.5 Å². The maximum absolute atomic E-state index is 12.7. The number of carbonyl (C=O) groups excluding carboxylic acids is 3. The van der Waals surface area contributed by atoms with Crippen LogP contribution < -0.4 is 21.7 Å². The lowest BCUT2D eigenvalue weighted by Gasteiger charge is -2.20. The van der Waals surface area contributed by atoms with Crippen LogP contribution in [0.1, 0.15) is 26.3 Å². The number of carboxylic acid groups (broad SMARTS) is 1. The van der Waals surface area contributed by atoms with Crippen LogP contribution in [0.25, 0.3) is 10.9 Å². The number of amides is 3. The Hall–Kier alpha value is -3.40. The van der Waals surface area contributed by atoms with E-state index in [1.54, 1.807) is 20.0 Å². The van der Waals surface area contributed by atoms with Gasteiger partial charge in [-0.15, -0.1) is 0 Å². The summed E-state index contributed by atoms with van der Waals surface area (Å²) in [5.74, 6) is -2.99. The summed E-state index contributed by atoms with van der Waals surface area (Å²) >= 11 is 0. The molecule has 3 unspecified atom stereocenters. The molecule has 1 aromatic heterocycles. The van der Waals surface area contributed by atoms with Crippen molar-refractivity contribution in [3.05, 3.63) is 36.0 Å². The molecule has 2 rings (SSSR count). The zero-order valence-corrected chi connectivity index (χ0v) is 17.8. The number of carboxylic acids is 1. The van der Waals surface area contributed by atoms with Gasteiger partial charge in [0, 0.05) is 23.5 Å². The van der Waals surface area contributed by atoms with Crippen molar-refractivity contribution in [1.29, 1.82) is 0 Å². The summed E-state index contributed by atoms with van der Waals surface area (Å²) in [5, 5.41) is 17.3. The summed E-state index contributed by atoms with van der Waals surface area (Å²) in [6.45, 7) is 4.55. The molecule has 0 aliphatic carbocycles. The maximum Gasteiger partial charge on any atom is 0.325 e. The van der Waals surface area contributed by atoms with Crippen molar-refractivity contribution in [3.63, 3.8) is 0 Å². The number of H-pyrrole nitrogens is 1. The largest absolute Gasteiger partial charge is 0.480 e. The van der Waals surface area contributed by atoms with Gasteiger partial charge in [-0.05, 0) is 24.5 Å². The third-order valence-corrected chi connectivity index (χ3v) is 4.92. The third kappa shape index (κ3) is 6.54. The molecule has 0 saturated carbocycles. The molecular formula is C21H29N5O5. The fraction of sp³-hybridized carbons (Fsp3) is 0.429. The molecule has 3 atom stereocenters. The molecule has 7 N–H and O–H groups in total. The normalized spacial score (nSPS) is 14.0. The lowest BCUT2D eigenvalue weighted by atomic mass is 10.0. The second kappa shape index (κ2) is 10.6. The van der Waals surface area contributed by atoms with E-state index in [2.05, 4.69) is 20.9 Å². The summed E-state index contributed by atoms with van der Waals surface area (Å²) in [6.07, 6.45) is 1.87. The fourth-order valence-corrected chi connectivity index (χ4v) is 2.94. The molecule has 1 aromatic carbocycles. The molecule has 10 heteroatoms. The molecule has 0 radical (unpaired) electrons. The van der Waals surface area contributed by atoms with Gasteiger partial charge in [-0.1, -0.05) is 32.0 Å². The predicted octanol–water partition coefficient (Wildman–Crippen LogP) is -0.116. The first-order valence-corrected chi connectivity index (χ1v) is 10.0. The summed E-state index contributed by atoms with van der Waals surface area (Å²) in [6, 6.07) is 4.57. The van der Waals surface area contributed by atoms with Gasteiger partial charge in [0.2, 0.25) is 17.7 Å². The average Bonchev–Trinajstić information content (AvgIpc) is 3.13. The topological polar surface area (TPSA) is 166 Å². The minimum absolute atomic E-state index is 0.0963. The number of rotatable bonds is 10. The zero-order chi connectivity index (χ0) is 23.1. The van der Waals surface area contributed by atoms with E-state index in [-0.39, 0.29) is 18.9 Å². The van der Waals surface area contributed by atoms with Crippen molar-refractivity contribution >= 4 is 34.6 Å². The van der Waals surface area contributed by atoms with Gasteiger partial charge in [0.1, 0.15) is 12.1 Å². The van der Waals surface area contributed by atoms with Gasteiger partial charge < -0.3 is 31.8 Å². The van der Waals surface area contributed by atoms with Gasteiger partial charge in [-0.25, -0.2) is 0 Å². The molecule has 0 fully saturated rings. The van der Waals surface area contributed by atoms with Crippen LogP contribution in [-0.2, 0) is 25.6 Å². The average molecular weight is 431 g/mol. The van der Waals surface area contributed by atoms with Crippen molar-refractivity contribution in [3.8, 4) is 0 Å². The second-order valence-electron chi connectivity index (χ2n) is 7.74. The smallest absolute Gasteiger partial charge is 0.325 e. The zero-order valence-electron chi connectivity index (χ0n) is 17.8. The highest BCUT2D eigenvalue weighted by molar-refractivity contribution is 5.93. The second-order valence-corrected chi connectivity index (χ2v) is 7.74. The number of carbonyl (C=O) groups is 4. The van der Waals surface area contributed by atoms with E-state index in [1.807, 2.05) is 24.3 Å². The Labute approximate surface area is 179 Å². The quantitative estimate of drug-likeness (QED) is 0.307. The van der Waals surface area contributed by atoms with E-state index < -0.39 is 41.8 Å². The number of aromatic nitrogens is 1. The number of benzene rings is 1. The Kier molecular flexibility index (Phi) is 8.14. The minimum atomic E-state index is -1.19. The van der Waals surface area contributed by atoms with Gasteiger partial charge in [0.05, 0.1) is 12.6 Å². The van der Waals surface area contributed by atoms with Crippen LogP contribution >= 0.6 is 0 Å². The number of aromatic amines is 1. The van der Waals surface area contributed by atoms with Crippen LogP contribution in [-0.4, -0.2) is 58.5 Å². The van der Waals surface area contributed by atoms with Crippen molar-refractivity contribution in [1.82, 2.24) is 20.9 Å². The molecule has 3 amide bonds. The number of nitrogens with two attached hydrogens (primary N) is 1. The standard InChI is InChI=1S/C21H29N5O5/c1-11(2)18(22)20(29)24-10-17(27)26-16(19(28)25-12(3)21(30)31)8-13-9-23-15-7-5-4-6-14(13)15/h4-7,9,11-12,16,18,23H,8,10,22H2,1-3H3,(H,24,29)(H,25,28)(H,26,27)(H,30,31). The molecule has 10 nitrogen and oxygen atoms in total. The van der Waals surface area contributed by atoms with Gasteiger partial charge in [0.15, 0.2) is 0 Å². The Morgan fingerprint density at radius 2 is 1.74 bits per heavy atom. The highest BCUT2D eigenvalue weighted by atomic mass is 16.4. The first-order chi connectivity index (χ1) is 14.6. The van der Waals surface area contributed by atoms with Crippen LogP contribution in [0.5, 0.6) is 0 Å². The van der Waals surface area contributed by atoms with Gasteiger partial charge >= 0.3 is 5.97 Å². The highest BCUT2D eigenvalue weighted by Crippen LogP contribution is 2.19. The van der Waals surface area contributed by atoms with E-state index in [1.165, 1.54) is 6.92 Å². The molecule has 31 heavy (non-hydrogen) atoms. The number of nitrogens with one attached hydrogen (secondary N) is 4. The molecule has 2 aromatic rings. The van der Waals surface area contributed by atoms with Crippen molar-refractivity contribution in [2.45, 2.75) is 45.3 Å². The van der Waals surface area contributed by atoms with E-state index in [4.69, 9.17) is 10.8 Å². The Bertz CT molecular complexity index is 955. The molecule has 0 spiro atoms. The molecule has 1 heterocycles. The summed E-state index contributed by atoms with van der Waals surface area (Å²) < 4.78 is 0. The summed E-state index contributed by atoms with van der Waals surface area (Å²) in [5.41, 5.74) is 7.41. The summed E-state index contributed by atoms with van der Waals surface area (Å²) in [4.78, 5) is 51.2. The monoisotopic (exact) mass is 431 g/mol. The lowest BCUT2D eigenvalue weighted by Crippen LogP contribution is -2.54. The maximum atomic E-state index is 12.7. The fourth-order valence-electron chi connectivity index (χ4n) is 2.94. The number of aliphatic carboxylic acids is 1. The lowest BCUT2D eigenvalue weighted by molar-refractivity contribution is -0.141. The molecule has 168 valence electrons. The number of fused-ring (bicyclic) bond motifs is 1. The third-order valence-electron chi connectivity index (χ3n) is 4.92. The Morgan fingerprint density at radius 1 is 1.06 bits per heavy atom. The highest BCUT2D eigenvalue weighted by Gasteiger charge is 2.26. The molecular weight excluding hydrogens is 402 g/mol. The SMILES string of the molecule is CC(NC(=O)C(Cc1c[nH]c2ccccc12)NC(=O)CNC(=O)C(N)C(C)C)C(=O)O. The summed E-state index contributed by atoms with van der Waals surface area (Å²) in [7, 11) is 0. The van der Waals surface area contributed by atoms with Crippen LogP contribution in [0.4, 0.5) is 0 Å². The van der Waals surface area contributed by atoms with Crippen molar-refractivity contribution in [2.75, 3.05) is 6.54 Å². The van der Waals surface area contributed by atoms with Gasteiger partial charge in [-0.3, -0.25) is 19.2 Å². The Balaban J connectivity index is 2.11. The first-order valence-electron chi connectivity index (χ1n) is 10.0. The molecule has 0 aliphatic rings. The van der Waals surface area contributed by atoms with Crippen LogP contribution in [0.2, 0.25) is 0 Å². The number of hydrogen-bond acceptors (Lipinski definition) is 5. The van der Waals surface area contributed by atoms with Crippen LogP contribution in [0.3, 0.4) is 0 Å². The minimum Gasteiger partial charge on any atom is -0.480 e. The van der Waals surface area contributed by atoms with E-state index >= 15 is 0 Å². The predicted molar refractivity (Wildman–Crippen MR) is 115 cm³/mol.